The Morgan fingerprint density at radius 2 is 1.61 bits per heavy atom. The quantitative estimate of drug-likeness (QED) is 0.789. The lowest BCUT2D eigenvalue weighted by atomic mass is 9.93. The van der Waals surface area contributed by atoms with Crippen LogP contribution in [0.4, 0.5) is 11.4 Å². The minimum absolute atomic E-state index is 0.302. The predicted molar refractivity (Wildman–Crippen MR) is 93.5 cm³/mol. The highest BCUT2D eigenvalue weighted by Crippen LogP contribution is 2.45. The zero-order valence-corrected chi connectivity index (χ0v) is 13.7. The van der Waals surface area contributed by atoms with Gasteiger partial charge in [-0.1, -0.05) is 36.4 Å². The van der Waals surface area contributed by atoms with Crippen molar-refractivity contribution >= 4 is 17.3 Å². The Kier molecular flexibility index (Phi) is 3.46. The van der Waals surface area contributed by atoms with Crippen LogP contribution < -0.4 is 4.48 Å². The van der Waals surface area contributed by atoms with Crippen LogP contribution in [0.15, 0.2) is 48.5 Å². The normalized spacial score (nSPS) is 18.7. The van der Waals surface area contributed by atoms with Crippen molar-refractivity contribution in [2.24, 2.45) is 0 Å². The van der Waals surface area contributed by atoms with Crippen LogP contribution in [0.25, 0.3) is 0 Å². The average molecular weight is 307 g/mol. The minimum Gasteiger partial charge on any atom is -0.295 e. The summed E-state index contributed by atoms with van der Waals surface area (Å²) in [5.41, 5.74) is 5.49. The van der Waals surface area contributed by atoms with E-state index in [1.165, 1.54) is 22.5 Å². The highest BCUT2D eigenvalue weighted by Gasteiger charge is 2.42. The Morgan fingerprint density at radius 3 is 2.13 bits per heavy atom. The van der Waals surface area contributed by atoms with Gasteiger partial charge in [-0.25, -0.2) is 4.48 Å². The summed E-state index contributed by atoms with van der Waals surface area (Å²) in [6, 6.07) is 17.5. The molecule has 23 heavy (non-hydrogen) atoms. The molecule has 2 aromatic rings. The van der Waals surface area contributed by atoms with E-state index in [0.717, 1.165) is 37.1 Å². The first-order valence-corrected chi connectivity index (χ1v) is 8.56. The monoisotopic (exact) mass is 307 g/mol. The third-order valence-electron chi connectivity index (χ3n) is 5.41. The van der Waals surface area contributed by atoms with E-state index >= 15 is 0 Å². The summed E-state index contributed by atoms with van der Waals surface area (Å²) in [4.78, 5) is 14.3. The molecule has 3 heteroatoms. The van der Waals surface area contributed by atoms with Crippen LogP contribution in [0.2, 0.25) is 0 Å². The number of carbonyl (C=O) groups is 1. The molecule has 118 valence electrons. The summed E-state index contributed by atoms with van der Waals surface area (Å²) in [5, 5.41) is 0. The number of benzene rings is 2. The molecule has 0 spiro atoms. The molecule has 3 nitrogen and oxygen atoms in total. The lowest BCUT2D eigenvalue weighted by Gasteiger charge is -2.43. The Balaban J connectivity index is 1.88. The molecule has 1 amide bonds. The van der Waals surface area contributed by atoms with Crippen molar-refractivity contribution in [2.75, 3.05) is 19.8 Å². The van der Waals surface area contributed by atoms with Gasteiger partial charge >= 0.3 is 0 Å². The lowest BCUT2D eigenvalue weighted by molar-refractivity contribution is -0.128. The van der Waals surface area contributed by atoms with Gasteiger partial charge in [0.2, 0.25) is 5.91 Å². The van der Waals surface area contributed by atoms with E-state index in [1.54, 1.807) is 0 Å². The Morgan fingerprint density at radius 1 is 1.00 bits per heavy atom. The Bertz CT molecular complexity index is 707. The fraction of sp³-hybridized carbons (Fsp3) is 0.350. The number of fused-ring (bicyclic) bond motifs is 2. The standard InChI is InChI=1S/C20H23N2O/c1-2-22(15-21-13-7-12-20(21)23)18-10-5-3-8-16(18)14-17-9-4-6-11-19(17)22/h3-6,8-11H,2,7,12-15H2,1H3/q+1. The highest BCUT2D eigenvalue weighted by atomic mass is 16.2. The van der Waals surface area contributed by atoms with Gasteiger partial charge in [-0.15, -0.1) is 0 Å². The molecule has 0 saturated carbocycles. The molecule has 0 aliphatic carbocycles. The smallest absolute Gasteiger partial charge is 0.226 e. The number of carbonyl (C=O) groups excluding carboxylic acids is 1. The number of likely N-dealkylation sites (tertiary alicyclic amines) is 1. The molecule has 2 heterocycles. The molecular weight excluding hydrogens is 284 g/mol. The summed E-state index contributed by atoms with van der Waals surface area (Å²) in [6.45, 7) is 4.84. The van der Waals surface area contributed by atoms with E-state index in [9.17, 15) is 4.79 Å². The molecule has 0 aromatic heterocycles. The van der Waals surface area contributed by atoms with Gasteiger partial charge in [0, 0.05) is 30.5 Å². The summed E-state index contributed by atoms with van der Waals surface area (Å²) in [6.07, 6.45) is 2.68. The van der Waals surface area contributed by atoms with Gasteiger partial charge in [-0.2, -0.15) is 0 Å². The zero-order valence-electron chi connectivity index (χ0n) is 13.7. The van der Waals surface area contributed by atoms with E-state index in [4.69, 9.17) is 0 Å². The van der Waals surface area contributed by atoms with Crippen LogP contribution >= 0.6 is 0 Å². The van der Waals surface area contributed by atoms with E-state index in [1.807, 2.05) is 0 Å². The van der Waals surface area contributed by atoms with E-state index < -0.39 is 0 Å². The molecule has 2 aliphatic rings. The maximum Gasteiger partial charge on any atom is 0.226 e. The third kappa shape index (κ3) is 2.19. The number of hydrogen-bond donors (Lipinski definition) is 0. The van der Waals surface area contributed by atoms with E-state index in [2.05, 4.69) is 60.4 Å². The van der Waals surface area contributed by atoms with Crippen molar-refractivity contribution < 1.29 is 4.79 Å². The summed E-state index contributed by atoms with van der Waals surface area (Å²) >= 11 is 0. The second-order valence-corrected chi connectivity index (χ2v) is 6.62. The van der Waals surface area contributed by atoms with E-state index in [0.29, 0.717) is 12.3 Å². The van der Waals surface area contributed by atoms with Crippen LogP contribution in [-0.4, -0.2) is 30.6 Å². The highest BCUT2D eigenvalue weighted by molar-refractivity contribution is 5.79. The first-order chi connectivity index (χ1) is 11.2. The number of amides is 1. The van der Waals surface area contributed by atoms with Gasteiger partial charge in [0.25, 0.3) is 0 Å². The van der Waals surface area contributed by atoms with E-state index in [-0.39, 0.29) is 0 Å². The third-order valence-corrected chi connectivity index (χ3v) is 5.41. The van der Waals surface area contributed by atoms with Crippen LogP contribution in [0.1, 0.15) is 30.9 Å². The predicted octanol–water partition coefficient (Wildman–Crippen LogP) is 3.83. The van der Waals surface area contributed by atoms with Gasteiger partial charge in [-0.3, -0.25) is 9.69 Å². The SMILES string of the molecule is CC[N+]1(CN2CCCC2=O)c2ccccc2Cc2ccccc21. The second kappa shape index (κ2) is 5.50. The lowest BCUT2D eigenvalue weighted by Crippen LogP contribution is -2.54. The van der Waals surface area contributed by atoms with Gasteiger partial charge in [0.1, 0.15) is 11.4 Å². The van der Waals surface area contributed by atoms with Crippen LogP contribution in [0, 0.1) is 0 Å². The van der Waals surface area contributed by atoms with Crippen molar-refractivity contribution in [1.82, 2.24) is 9.38 Å². The number of rotatable bonds is 3. The largest absolute Gasteiger partial charge is 0.295 e. The topological polar surface area (TPSA) is 20.3 Å². The summed E-state index contributed by atoms with van der Waals surface area (Å²) in [7, 11) is 0. The molecule has 0 N–H and O–H groups in total. The van der Waals surface area contributed by atoms with Crippen LogP contribution in [0.5, 0.6) is 0 Å². The molecule has 0 radical (unpaired) electrons. The maximum absolute atomic E-state index is 12.2. The minimum atomic E-state index is 0.302. The van der Waals surface area contributed by atoms with Gasteiger partial charge in [-0.05, 0) is 25.5 Å². The molecule has 1 fully saturated rings. The molecular formula is C20H23N2O+. The van der Waals surface area contributed by atoms with Gasteiger partial charge in [0.05, 0.1) is 6.54 Å². The van der Waals surface area contributed by atoms with Crippen molar-refractivity contribution in [3.63, 3.8) is 0 Å². The van der Waals surface area contributed by atoms with Gasteiger partial charge in [0.15, 0.2) is 6.67 Å². The average Bonchev–Trinajstić information content (AvgIpc) is 2.99. The molecule has 2 aromatic carbocycles. The summed E-state index contributed by atoms with van der Waals surface area (Å²) in [5.74, 6) is 0.302. The summed E-state index contributed by atoms with van der Waals surface area (Å²) < 4.78 is 0.762. The van der Waals surface area contributed by atoms with Crippen molar-refractivity contribution in [1.29, 1.82) is 0 Å². The number of para-hydroxylation sites is 2. The molecule has 2 aliphatic heterocycles. The van der Waals surface area contributed by atoms with Gasteiger partial charge < -0.3 is 0 Å². The zero-order chi connectivity index (χ0) is 15.9. The molecule has 4 rings (SSSR count). The van der Waals surface area contributed by atoms with Crippen LogP contribution in [0.3, 0.4) is 0 Å². The number of quaternary nitrogens is 1. The fourth-order valence-electron chi connectivity index (χ4n) is 4.23. The maximum atomic E-state index is 12.2. The first-order valence-electron chi connectivity index (χ1n) is 8.56. The van der Waals surface area contributed by atoms with Crippen molar-refractivity contribution in [3.8, 4) is 0 Å². The second-order valence-electron chi connectivity index (χ2n) is 6.62. The fourth-order valence-corrected chi connectivity index (χ4v) is 4.23. The van der Waals surface area contributed by atoms with Crippen LogP contribution in [-0.2, 0) is 11.2 Å². The Labute approximate surface area is 137 Å². The number of hydrogen-bond acceptors (Lipinski definition) is 1. The molecule has 0 unspecified atom stereocenters. The molecule has 1 saturated heterocycles. The number of nitrogens with zero attached hydrogens (tertiary/aromatic N) is 2. The molecule has 0 atom stereocenters. The van der Waals surface area contributed by atoms with Crippen molar-refractivity contribution in [2.45, 2.75) is 26.2 Å². The first kappa shape index (κ1) is 14.5. The Hall–Kier alpha value is -2.13. The molecule has 0 bridgehead atoms. The van der Waals surface area contributed by atoms with Crippen molar-refractivity contribution in [3.05, 3.63) is 59.7 Å².